The van der Waals surface area contributed by atoms with Gasteiger partial charge < -0.3 is 81.0 Å². The van der Waals surface area contributed by atoms with Gasteiger partial charge in [-0.25, -0.2) is 4.79 Å². The van der Waals surface area contributed by atoms with E-state index in [9.17, 15) is 70.6 Å². The number of ether oxygens (including phenoxy) is 3. The average Bonchev–Trinajstić information content (AvgIpc) is 3.35. The van der Waals surface area contributed by atoms with Crippen molar-refractivity contribution in [2.24, 2.45) is 34.6 Å². The summed E-state index contributed by atoms with van der Waals surface area (Å²) >= 11 is 0. The van der Waals surface area contributed by atoms with Crippen LogP contribution in [0.15, 0.2) is 64.7 Å². The van der Waals surface area contributed by atoms with Gasteiger partial charge in [0.2, 0.25) is 0 Å². The number of unbranched alkanes of at least 4 members (excludes halogenated alkanes) is 2. The van der Waals surface area contributed by atoms with E-state index in [0.29, 0.717) is 11.1 Å². The van der Waals surface area contributed by atoms with Crippen LogP contribution in [-0.2, 0) is 28.6 Å². The number of carboxylic acid groups (broad SMARTS) is 1. The number of fused-ring (bicyclic) bond motifs is 2. The molecule has 18 atom stereocenters. The molecule has 0 aromatic heterocycles. The predicted octanol–water partition coefficient (Wildman–Crippen LogP) is 3.63. The van der Waals surface area contributed by atoms with Gasteiger partial charge in [-0.1, -0.05) is 83.2 Å². The van der Waals surface area contributed by atoms with E-state index in [0.717, 1.165) is 44.6 Å². The zero-order valence-electron chi connectivity index (χ0n) is 47.1. The first-order valence-corrected chi connectivity index (χ1v) is 27.6. The van der Waals surface area contributed by atoms with Crippen molar-refractivity contribution in [1.82, 2.24) is 10.6 Å². The summed E-state index contributed by atoms with van der Waals surface area (Å²) in [6.45, 7) is 13.1. The lowest BCUT2D eigenvalue weighted by Crippen LogP contribution is -2.59. The van der Waals surface area contributed by atoms with Gasteiger partial charge >= 0.3 is 17.9 Å². The lowest BCUT2D eigenvalue weighted by atomic mass is 9.84. The van der Waals surface area contributed by atoms with E-state index in [1.54, 1.807) is 72.0 Å². The van der Waals surface area contributed by atoms with Gasteiger partial charge in [-0.3, -0.25) is 14.6 Å². The summed E-state index contributed by atoms with van der Waals surface area (Å²) in [5.41, 5.74) is 0.779. The van der Waals surface area contributed by atoms with Gasteiger partial charge in [0.25, 0.3) is 0 Å². The van der Waals surface area contributed by atoms with Gasteiger partial charge in [0.05, 0.1) is 54.9 Å². The van der Waals surface area contributed by atoms with E-state index in [1.165, 1.54) is 0 Å². The number of aliphatic hydroxyl groups excluding tert-OH is 9. The molecule has 0 aromatic rings. The maximum Gasteiger partial charge on any atom is 0.334 e. The van der Waals surface area contributed by atoms with Crippen LogP contribution in [0, 0.1) is 29.6 Å². The topological polar surface area (TPSA) is 338 Å². The second kappa shape index (κ2) is 35.5. The lowest BCUT2D eigenvalue weighted by Gasteiger charge is -2.45. The first-order valence-electron chi connectivity index (χ1n) is 27.6. The van der Waals surface area contributed by atoms with Crippen molar-refractivity contribution in [2.75, 3.05) is 20.6 Å². The number of carbonyl (C=O) groups is 3. The quantitative estimate of drug-likeness (QED) is 0.0331. The standard InChI is InChI=1S/C57H97N3O17/c1-34-19-16-21-38(5)53(37(4)18-14-12-10-11-13-15-25-60-56(58-8)59-9)76-55(73)39(6)22-17-20-35(2)47(65)31-48(66)40(7)45(63)24-23-36(3)50(68)33-57(74)54(72)49(67)30-44(77-57)28-41(61)26-43(27-42(62)29-46(34)64)75-52(71)32-51(69)70/h10-11,16-17,19-22,35-38,40-50,53-54,61-68,72,74H,12-15,18,23-33H2,1-9H3,(H,69,70)(H2,58,59,60)/b11-10+,20-17?,21-16?,34-19?,39-22?. The molecule has 2 bridgehead atoms. The predicted molar refractivity (Wildman–Crippen MR) is 292 cm³/mol. The number of carbonyl (C=O) groups excluding carboxylic acids is 2. The van der Waals surface area contributed by atoms with Crippen molar-refractivity contribution in [3.05, 3.63) is 59.8 Å². The fourth-order valence-corrected chi connectivity index (χ4v) is 9.63. The smallest absolute Gasteiger partial charge is 0.334 e. The number of esters is 2. The minimum absolute atomic E-state index is 0.0655. The Labute approximate surface area is 456 Å². The molecule has 20 nitrogen and oxygen atoms in total. The van der Waals surface area contributed by atoms with Gasteiger partial charge in [-0.15, -0.1) is 0 Å². The van der Waals surface area contributed by atoms with E-state index in [2.05, 4.69) is 27.8 Å². The molecule has 0 aromatic carbocycles. The minimum Gasteiger partial charge on any atom is -0.481 e. The van der Waals surface area contributed by atoms with Crippen molar-refractivity contribution in [2.45, 2.75) is 224 Å². The summed E-state index contributed by atoms with van der Waals surface area (Å²) in [5.74, 6) is -6.98. The number of carboxylic acids is 1. The fraction of sp³-hybridized carbons (Fsp3) is 0.754. The molecule has 20 heteroatoms. The number of nitrogens with one attached hydrogen (secondary N) is 2. The molecule has 0 radical (unpaired) electrons. The zero-order valence-corrected chi connectivity index (χ0v) is 47.1. The zero-order chi connectivity index (χ0) is 58.0. The van der Waals surface area contributed by atoms with Crippen LogP contribution >= 0.6 is 0 Å². The largest absolute Gasteiger partial charge is 0.481 e. The molecule has 1 saturated heterocycles. The van der Waals surface area contributed by atoms with E-state index in [-0.39, 0.29) is 63.2 Å². The lowest BCUT2D eigenvalue weighted by molar-refractivity contribution is -0.333. The molecule has 0 saturated carbocycles. The Morgan fingerprint density at radius 3 is 2.06 bits per heavy atom. The minimum atomic E-state index is -2.48. The highest BCUT2D eigenvalue weighted by atomic mass is 16.7. The number of hydrogen-bond donors (Lipinski definition) is 13. The number of allylic oxidation sites excluding steroid dienone is 6. The average molecular weight is 1100 g/mol. The molecule has 442 valence electrons. The normalized spacial score (nSPS) is 35.4. The second-order valence-corrected chi connectivity index (χ2v) is 21.8. The highest BCUT2D eigenvalue weighted by Crippen LogP contribution is 2.36. The number of aliphatic imine (C=N–C) groups is 1. The SMILES string of the molecule is CN=C(NC)NCCC/C=C/CCCC(C)C1OC(=O)C(C)=CC=CC(C)C(O)CC(O)C(C)C(O)CCC(C)C(O)CC2(O)OC(CC(O)CC(OC(=O)CC(=O)O)CC(O)CC(O)C(C)=CC=CC1C)CC(O)C2O. The number of cyclic esters (lactones) is 1. The molecule has 2 aliphatic rings. The molecule has 0 spiro atoms. The first kappa shape index (κ1) is 69.0. The number of guanidine groups is 1. The van der Waals surface area contributed by atoms with Crippen molar-refractivity contribution in [1.29, 1.82) is 0 Å². The Morgan fingerprint density at radius 1 is 0.805 bits per heavy atom. The third kappa shape index (κ3) is 25.7. The van der Waals surface area contributed by atoms with E-state index < -0.39 is 128 Å². The molecule has 0 amide bonds. The third-order valence-electron chi connectivity index (χ3n) is 15.0. The Hall–Kier alpha value is -4.06. The summed E-state index contributed by atoms with van der Waals surface area (Å²) in [6, 6.07) is 0. The monoisotopic (exact) mass is 1100 g/mol. The summed E-state index contributed by atoms with van der Waals surface area (Å²) in [4.78, 5) is 41.6. The van der Waals surface area contributed by atoms with Crippen LogP contribution < -0.4 is 10.6 Å². The molecule has 2 rings (SSSR count). The fourth-order valence-electron chi connectivity index (χ4n) is 9.63. The van der Waals surface area contributed by atoms with Crippen molar-refractivity contribution in [3.8, 4) is 0 Å². The number of nitrogens with zero attached hydrogens (tertiary/aromatic N) is 1. The molecule has 2 aliphatic heterocycles. The summed E-state index contributed by atoms with van der Waals surface area (Å²) in [7, 11) is 3.53. The molecule has 18 unspecified atom stereocenters. The van der Waals surface area contributed by atoms with Crippen molar-refractivity contribution < 1.29 is 84.8 Å². The van der Waals surface area contributed by atoms with Crippen LogP contribution in [0.4, 0.5) is 0 Å². The van der Waals surface area contributed by atoms with Crippen LogP contribution in [0.2, 0.25) is 0 Å². The van der Waals surface area contributed by atoms with Crippen molar-refractivity contribution >= 4 is 23.9 Å². The summed E-state index contributed by atoms with van der Waals surface area (Å²) in [5, 5.41) is 127. The Morgan fingerprint density at radius 2 is 1.43 bits per heavy atom. The molecule has 0 aliphatic carbocycles. The molecule has 2 heterocycles. The third-order valence-corrected chi connectivity index (χ3v) is 15.0. The highest BCUT2D eigenvalue weighted by Gasteiger charge is 2.50. The number of aliphatic hydroxyl groups is 10. The van der Waals surface area contributed by atoms with E-state index in [1.807, 2.05) is 27.0 Å². The first-order chi connectivity index (χ1) is 36.2. The van der Waals surface area contributed by atoms with Crippen molar-refractivity contribution in [3.63, 3.8) is 0 Å². The Kier molecular flexibility index (Phi) is 31.9. The van der Waals surface area contributed by atoms with Crippen LogP contribution in [0.5, 0.6) is 0 Å². The second-order valence-electron chi connectivity index (χ2n) is 21.8. The molecule has 77 heavy (non-hydrogen) atoms. The van der Waals surface area contributed by atoms with Crippen LogP contribution in [0.1, 0.15) is 145 Å². The van der Waals surface area contributed by atoms with E-state index >= 15 is 0 Å². The maximum atomic E-state index is 13.7. The van der Waals surface area contributed by atoms with E-state index in [4.69, 9.17) is 14.2 Å². The maximum absolute atomic E-state index is 13.7. The number of hydrogen-bond acceptors (Lipinski definition) is 17. The van der Waals surface area contributed by atoms with Gasteiger partial charge in [0.1, 0.15) is 24.7 Å². The van der Waals surface area contributed by atoms with Gasteiger partial charge in [0.15, 0.2) is 11.7 Å². The highest BCUT2D eigenvalue weighted by molar-refractivity contribution is 5.90. The van der Waals surface area contributed by atoms with Crippen LogP contribution in [0.3, 0.4) is 0 Å². The summed E-state index contributed by atoms with van der Waals surface area (Å²) < 4.78 is 17.4. The molecular weight excluding hydrogens is 999 g/mol. The Balaban J connectivity index is 2.44. The molecule has 1 fully saturated rings. The number of aliphatic carboxylic acids is 1. The summed E-state index contributed by atoms with van der Waals surface area (Å²) in [6.07, 6.45) is 1.35. The van der Waals surface area contributed by atoms with Crippen LogP contribution in [0.25, 0.3) is 0 Å². The van der Waals surface area contributed by atoms with Gasteiger partial charge in [-0.2, -0.15) is 0 Å². The Bertz CT molecular complexity index is 1940. The molecular formula is C57H97N3O17. The number of rotatable bonds is 12. The molecule has 13 N–H and O–H groups in total. The van der Waals surface area contributed by atoms with Gasteiger partial charge in [-0.05, 0) is 82.6 Å². The van der Waals surface area contributed by atoms with Crippen LogP contribution in [-0.4, -0.2) is 180 Å². The van der Waals surface area contributed by atoms with Gasteiger partial charge in [0, 0.05) is 82.5 Å².